The van der Waals surface area contributed by atoms with Gasteiger partial charge in [0.1, 0.15) is 0 Å². The summed E-state index contributed by atoms with van der Waals surface area (Å²) in [6.07, 6.45) is 2.61. The van der Waals surface area contributed by atoms with Crippen molar-refractivity contribution in [2.45, 2.75) is 20.3 Å². The fraction of sp³-hybridized carbons (Fsp3) is 0.357. The van der Waals surface area contributed by atoms with Gasteiger partial charge < -0.3 is 9.47 Å². The average Bonchev–Trinajstić information content (AvgIpc) is 2.83. The van der Waals surface area contributed by atoms with Gasteiger partial charge in [0, 0.05) is 0 Å². The van der Waals surface area contributed by atoms with Crippen LogP contribution in [0.1, 0.15) is 25.8 Å². The third kappa shape index (κ3) is 4.05. The number of hydrogen-bond donors (Lipinski definition) is 2. The van der Waals surface area contributed by atoms with E-state index in [1.807, 2.05) is 25.1 Å². The van der Waals surface area contributed by atoms with Crippen LogP contribution in [0.3, 0.4) is 0 Å². The Labute approximate surface area is 138 Å². The van der Waals surface area contributed by atoms with Crippen molar-refractivity contribution in [3.8, 4) is 11.5 Å². The number of nitrogens with zero attached hydrogens (tertiary/aromatic N) is 2. The lowest BCUT2D eigenvalue weighted by atomic mass is 10.2. The Balaban J connectivity index is 2.26. The van der Waals surface area contributed by atoms with Gasteiger partial charge in [-0.1, -0.05) is 6.92 Å². The van der Waals surface area contributed by atoms with Crippen LogP contribution in [0.15, 0.2) is 23.3 Å². The van der Waals surface area contributed by atoms with Crippen LogP contribution in [-0.4, -0.2) is 34.3 Å². The van der Waals surface area contributed by atoms with Crippen LogP contribution >= 0.6 is 24.4 Å². The molecule has 0 aliphatic carbocycles. The maximum Gasteiger partial charge on any atom is 0.215 e. The molecule has 118 valence electrons. The lowest BCUT2D eigenvalue weighted by Crippen LogP contribution is -2.01. The number of benzene rings is 1. The lowest BCUT2D eigenvalue weighted by Gasteiger charge is -2.11. The van der Waals surface area contributed by atoms with Crippen LogP contribution in [-0.2, 0) is 0 Å². The first-order valence-electron chi connectivity index (χ1n) is 6.99. The van der Waals surface area contributed by atoms with Crippen LogP contribution in [0.4, 0.5) is 0 Å². The van der Waals surface area contributed by atoms with Crippen molar-refractivity contribution in [3.05, 3.63) is 33.3 Å². The summed E-state index contributed by atoms with van der Waals surface area (Å²) in [4.78, 5) is 0. The molecule has 0 aliphatic heterocycles. The summed E-state index contributed by atoms with van der Waals surface area (Å²) in [7, 11) is 0. The lowest BCUT2D eigenvalue weighted by molar-refractivity contribution is 0.277. The van der Waals surface area contributed by atoms with Crippen molar-refractivity contribution in [2.24, 2.45) is 5.10 Å². The summed E-state index contributed by atoms with van der Waals surface area (Å²) in [5, 5.41) is 9.71. The van der Waals surface area contributed by atoms with E-state index in [0.717, 1.165) is 17.7 Å². The number of aromatic nitrogens is 3. The highest BCUT2D eigenvalue weighted by Gasteiger charge is 2.05. The van der Waals surface area contributed by atoms with Gasteiger partial charge >= 0.3 is 0 Å². The summed E-state index contributed by atoms with van der Waals surface area (Å²) in [6, 6.07) is 5.65. The number of nitrogens with one attached hydrogen (secondary N) is 2. The molecule has 2 aromatic rings. The van der Waals surface area contributed by atoms with Gasteiger partial charge in [0.25, 0.3) is 0 Å². The topological polar surface area (TPSA) is 67.3 Å². The van der Waals surface area contributed by atoms with Crippen LogP contribution < -0.4 is 9.47 Å². The van der Waals surface area contributed by atoms with Crippen LogP contribution in [0.2, 0.25) is 0 Å². The van der Waals surface area contributed by atoms with E-state index < -0.39 is 0 Å². The summed E-state index contributed by atoms with van der Waals surface area (Å²) in [5.41, 5.74) is 0.866. The second-order valence-electron chi connectivity index (χ2n) is 4.40. The minimum absolute atomic E-state index is 0.411. The fourth-order valence-corrected chi connectivity index (χ4v) is 2.18. The van der Waals surface area contributed by atoms with Gasteiger partial charge in [0.05, 0.1) is 19.4 Å². The minimum atomic E-state index is 0.411. The number of H-pyrrole nitrogens is 2. The molecule has 1 heterocycles. The van der Waals surface area contributed by atoms with Gasteiger partial charge in [-0.25, -0.2) is 0 Å². The zero-order chi connectivity index (χ0) is 15.9. The van der Waals surface area contributed by atoms with E-state index in [4.69, 9.17) is 33.9 Å². The highest BCUT2D eigenvalue weighted by atomic mass is 32.1. The summed E-state index contributed by atoms with van der Waals surface area (Å²) >= 11 is 10.2. The van der Waals surface area contributed by atoms with Crippen molar-refractivity contribution in [1.82, 2.24) is 14.9 Å². The molecule has 6 nitrogen and oxygen atoms in total. The average molecular weight is 338 g/mol. The molecule has 0 amide bonds. The largest absolute Gasteiger partial charge is 0.490 e. The molecular weight excluding hydrogens is 320 g/mol. The van der Waals surface area contributed by atoms with E-state index in [1.165, 1.54) is 4.68 Å². The first-order valence-corrected chi connectivity index (χ1v) is 7.81. The predicted octanol–water partition coefficient (Wildman–Crippen LogP) is 3.67. The number of hydrogen-bond acceptors (Lipinski definition) is 5. The highest BCUT2D eigenvalue weighted by molar-refractivity contribution is 7.72. The molecular formula is C14H18N4O2S2. The number of ether oxygens (including phenoxy) is 2. The predicted molar refractivity (Wildman–Crippen MR) is 91.2 cm³/mol. The molecule has 0 saturated carbocycles. The van der Waals surface area contributed by atoms with E-state index in [1.54, 1.807) is 6.21 Å². The molecule has 0 atom stereocenters. The first kappa shape index (κ1) is 16.4. The fourth-order valence-electron chi connectivity index (χ4n) is 1.74. The van der Waals surface area contributed by atoms with Crippen molar-refractivity contribution in [1.29, 1.82) is 0 Å². The Morgan fingerprint density at radius 2 is 1.86 bits per heavy atom. The Morgan fingerprint density at radius 3 is 2.50 bits per heavy atom. The molecule has 0 unspecified atom stereocenters. The Kier molecular flexibility index (Phi) is 5.91. The van der Waals surface area contributed by atoms with Gasteiger partial charge in [-0.2, -0.15) is 9.78 Å². The molecule has 0 spiro atoms. The molecule has 0 saturated heterocycles. The Morgan fingerprint density at radius 1 is 1.14 bits per heavy atom. The molecule has 0 aliphatic rings. The maximum absolute atomic E-state index is 5.66. The van der Waals surface area contributed by atoms with Crippen LogP contribution in [0.25, 0.3) is 0 Å². The molecule has 2 rings (SSSR count). The van der Waals surface area contributed by atoms with E-state index in [0.29, 0.717) is 28.5 Å². The Bertz CT molecular complexity index is 733. The third-order valence-electron chi connectivity index (χ3n) is 2.71. The van der Waals surface area contributed by atoms with Crippen molar-refractivity contribution < 1.29 is 9.47 Å². The van der Waals surface area contributed by atoms with Gasteiger partial charge in [-0.3, -0.25) is 10.2 Å². The minimum Gasteiger partial charge on any atom is -0.490 e. The van der Waals surface area contributed by atoms with Crippen molar-refractivity contribution in [3.63, 3.8) is 0 Å². The van der Waals surface area contributed by atoms with Gasteiger partial charge in [0.15, 0.2) is 11.5 Å². The van der Waals surface area contributed by atoms with E-state index >= 15 is 0 Å². The SMILES string of the molecule is CCCOc1ccc(/C=N\n2c(=S)[nH][nH]c2=S)cc1OCC. The normalized spacial score (nSPS) is 11.0. The number of aromatic amines is 2. The van der Waals surface area contributed by atoms with Crippen LogP contribution in [0.5, 0.6) is 11.5 Å². The third-order valence-corrected chi connectivity index (χ3v) is 3.26. The zero-order valence-electron chi connectivity index (χ0n) is 12.5. The monoisotopic (exact) mass is 338 g/mol. The molecule has 1 aromatic heterocycles. The second-order valence-corrected chi connectivity index (χ2v) is 5.18. The molecule has 0 bridgehead atoms. The van der Waals surface area contributed by atoms with Crippen molar-refractivity contribution >= 4 is 30.7 Å². The summed E-state index contributed by atoms with van der Waals surface area (Å²) in [5.74, 6) is 1.43. The van der Waals surface area contributed by atoms with Gasteiger partial charge in [-0.15, -0.1) is 0 Å². The van der Waals surface area contributed by atoms with Gasteiger partial charge in [-0.05, 0) is 61.5 Å². The van der Waals surface area contributed by atoms with E-state index in [9.17, 15) is 0 Å². The molecule has 8 heteroatoms. The summed E-state index contributed by atoms with van der Waals surface area (Å²) in [6.45, 7) is 5.21. The van der Waals surface area contributed by atoms with Gasteiger partial charge in [0.2, 0.25) is 9.54 Å². The first-order chi connectivity index (χ1) is 10.7. The van der Waals surface area contributed by atoms with Crippen LogP contribution in [0, 0.1) is 9.54 Å². The maximum atomic E-state index is 5.66. The van der Waals surface area contributed by atoms with E-state index in [2.05, 4.69) is 22.2 Å². The second kappa shape index (κ2) is 7.90. The highest BCUT2D eigenvalue weighted by Crippen LogP contribution is 2.28. The standard InChI is InChI=1S/C14H18N4O2S2/c1-3-7-20-11-6-5-10(8-12(11)19-4-2)9-15-18-13(21)16-17-14(18)22/h5-6,8-9H,3-4,7H2,1-2H3,(H,16,21)(H,17,22)/b15-9-. The molecule has 22 heavy (non-hydrogen) atoms. The number of rotatable bonds is 7. The van der Waals surface area contributed by atoms with E-state index in [-0.39, 0.29) is 0 Å². The molecule has 1 aromatic carbocycles. The molecule has 0 fully saturated rings. The van der Waals surface area contributed by atoms with Crippen molar-refractivity contribution in [2.75, 3.05) is 13.2 Å². The molecule has 0 radical (unpaired) electrons. The quantitative estimate of drug-likeness (QED) is 0.597. The smallest absolute Gasteiger partial charge is 0.215 e. The summed E-state index contributed by atoms with van der Waals surface area (Å²) < 4.78 is 13.5. The zero-order valence-corrected chi connectivity index (χ0v) is 14.1. The Hall–Kier alpha value is -1.93. The molecule has 2 N–H and O–H groups in total.